The Kier molecular flexibility index (Phi) is 4.32. The van der Waals surface area contributed by atoms with Gasteiger partial charge in [-0.2, -0.15) is 0 Å². The minimum absolute atomic E-state index is 0.116. The van der Waals surface area contributed by atoms with Gasteiger partial charge >= 0.3 is 0 Å². The van der Waals surface area contributed by atoms with Crippen molar-refractivity contribution < 1.29 is 9.53 Å². The third-order valence-corrected chi connectivity index (χ3v) is 4.51. The second kappa shape index (κ2) is 6.37. The summed E-state index contributed by atoms with van der Waals surface area (Å²) >= 11 is 0. The lowest BCUT2D eigenvalue weighted by atomic mass is 9.92. The van der Waals surface area contributed by atoms with Gasteiger partial charge < -0.3 is 15.0 Å². The molecule has 0 spiro atoms. The van der Waals surface area contributed by atoms with Crippen LogP contribution in [0, 0.1) is 5.92 Å². The lowest BCUT2D eigenvalue weighted by Crippen LogP contribution is -2.38. The van der Waals surface area contributed by atoms with E-state index >= 15 is 0 Å². The van der Waals surface area contributed by atoms with Crippen LogP contribution in [0.4, 0.5) is 5.69 Å². The number of para-hydroxylation sites is 1. The minimum Gasteiger partial charge on any atom is -0.489 e. The maximum Gasteiger partial charge on any atom is 0.257 e. The van der Waals surface area contributed by atoms with Crippen molar-refractivity contribution in [3.05, 3.63) is 23.8 Å². The zero-order valence-electron chi connectivity index (χ0n) is 12.7. The zero-order valence-corrected chi connectivity index (χ0v) is 12.7. The summed E-state index contributed by atoms with van der Waals surface area (Å²) in [5, 5.41) is 3.29. The quantitative estimate of drug-likeness (QED) is 0.929. The Balaban J connectivity index is 1.72. The van der Waals surface area contributed by atoms with Crippen molar-refractivity contribution in [1.29, 1.82) is 0 Å². The highest BCUT2D eigenvalue weighted by Gasteiger charge is 2.26. The number of fused-ring (bicyclic) bond motifs is 1. The number of amides is 1. The number of hydrogen-bond donors (Lipinski definition) is 1. The van der Waals surface area contributed by atoms with Gasteiger partial charge in [-0.1, -0.05) is 25.8 Å². The van der Waals surface area contributed by atoms with Gasteiger partial charge in [0.2, 0.25) is 0 Å². The van der Waals surface area contributed by atoms with E-state index in [9.17, 15) is 4.79 Å². The van der Waals surface area contributed by atoms with Gasteiger partial charge in [-0.3, -0.25) is 4.79 Å². The largest absolute Gasteiger partial charge is 0.489 e. The molecule has 2 aliphatic rings. The molecule has 1 N–H and O–H groups in total. The SMILES string of the molecule is CCCC1CCN(C(=O)c2cccc3c2OCCN3)CC1. The fourth-order valence-corrected chi connectivity index (χ4v) is 3.34. The smallest absolute Gasteiger partial charge is 0.257 e. The van der Waals surface area contributed by atoms with Gasteiger partial charge in [0.15, 0.2) is 5.75 Å². The number of carbonyl (C=O) groups excluding carboxylic acids is 1. The molecule has 0 saturated carbocycles. The highest BCUT2D eigenvalue weighted by Crippen LogP contribution is 2.33. The number of piperidine rings is 1. The number of carbonyl (C=O) groups is 1. The van der Waals surface area contributed by atoms with Gasteiger partial charge in [-0.05, 0) is 30.9 Å². The van der Waals surface area contributed by atoms with E-state index in [2.05, 4.69) is 12.2 Å². The number of anilines is 1. The molecule has 1 amide bonds. The lowest BCUT2D eigenvalue weighted by molar-refractivity contribution is 0.0682. The maximum absolute atomic E-state index is 12.8. The molecule has 114 valence electrons. The minimum atomic E-state index is 0.116. The second-order valence-electron chi connectivity index (χ2n) is 5.98. The van der Waals surface area contributed by atoms with Gasteiger partial charge in [0.05, 0.1) is 11.3 Å². The van der Waals surface area contributed by atoms with Crippen LogP contribution in [0.5, 0.6) is 5.75 Å². The van der Waals surface area contributed by atoms with E-state index < -0.39 is 0 Å². The van der Waals surface area contributed by atoms with Gasteiger partial charge in [-0.25, -0.2) is 0 Å². The van der Waals surface area contributed by atoms with Gasteiger partial charge in [0.1, 0.15) is 6.61 Å². The van der Waals surface area contributed by atoms with Crippen LogP contribution in [0.1, 0.15) is 43.0 Å². The number of likely N-dealkylation sites (tertiary alicyclic amines) is 1. The van der Waals surface area contributed by atoms with Crippen molar-refractivity contribution in [2.24, 2.45) is 5.92 Å². The summed E-state index contributed by atoms with van der Waals surface area (Å²) in [6, 6.07) is 5.78. The van der Waals surface area contributed by atoms with Crippen LogP contribution >= 0.6 is 0 Å². The van der Waals surface area contributed by atoms with Gasteiger partial charge in [0.25, 0.3) is 5.91 Å². The van der Waals surface area contributed by atoms with Crippen molar-refractivity contribution in [2.45, 2.75) is 32.6 Å². The summed E-state index contributed by atoms with van der Waals surface area (Å²) in [5.41, 5.74) is 1.64. The Morgan fingerprint density at radius 3 is 2.95 bits per heavy atom. The van der Waals surface area contributed by atoms with Crippen molar-refractivity contribution in [3.8, 4) is 5.75 Å². The Morgan fingerprint density at radius 1 is 1.38 bits per heavy atom. The molecular formula is C17H24N2O2. The summed E-state index contributed by atoms with van der Waals surface area (Å²) < 4.78 is 5.72. The molecule has 2 heterocycles. The Hall–Kier alpha value is -1.71. The molecule has 0 aliphatic carbocycles. The van der Waals surface area contributed by atoms with E-state index in [-0.39, 0.29) is 5.91 Å². The molecule has 0 radical (unpaired) electrons. The number of nitrogens with one attached hydrogen (secondary N) is 1. The first-order chi connectivity index (χ1) is 10.3. The zero-order chi connectivity index (χ0) is 14.7. The van der Waals surface area contributed by atoms with Crippen LogP contribution in [-0.2, 0) is 0 Å². The van der Waals surface area contributed by atoms with Crippen molar-refractivity contribution in [2.75, 3.05) is 31.6 Å². The molecule has 21 heavy (non-hydrogen) atoms. The molecule has 0 aromatic heterocycles. The van der Waals surface area contributed by atoms with E-state index in [4.69, 9.17) is 4.74 Å². The predicted octanol–water partition coefficient (Wildman–Crippen LogP) is 3.14. The molecule has 0 atom stereocenters. The van der Waals surface area contributed by atoms with E-state index in [1.165, 1.54) is 12.8 Å². The predicted molar refractivity (Wildman–Crippen MR) is 84.0 cm³/mol. The number of ether oxygens (including phenoxy) is 1. The van der Waals surface area contributed by atoms with E-state index in [0.29, 0.717) is 12.2 Å². The first kappa shape index (κ1) is 14.2. The summed E-state index contributed by atoms with van der Waals surface area (Å²) in [4.78, 5) is 14.7. The van der Waals surface area contributed by atoms with Crippen molar-refractivity contribution in [1.82, 2.24) is 4.90 Å². The van der Waals surface area contributed by atoms with Gasteiger partial charge in [0, 0.05) is 19.6 Å². The first-order valence-electron chi connectivity index (χ1n) is 8.08. The molecule has 1 aromatic carbocycles. The summed E-state index contributed by atoms with van der Waals surface area (Å²) in [6.45, 7) is 5.40. The number of nitrogens with zero attached hydrogens (tertiary/aromatic N) is 1. The Morgan fingerprint density at radius 2 is 2.19 bits per heavy atom. The number of benzene rings is 1. The fraction of sp³-hybridized carbons (Fsp3) is 0.588. The first-order valence-corrected chi connectivity index (χ1v) is 8.08. The molecule has 0 unspecified atom stereocenters. The van der Waals surface area contributed by atoms with Crippen molar-refractivity contribution in [3.63, 3.8) is 0 Å². The molecule has 1 aromatic rings. The summed E-state index contributed by atoms with van der Waals surface area (Å²) in [6.07, 6.45) is 4.79. The van der Waals surface area contributed by atoms with Crippen molar-refractivity contribution >= 4 is 11.6 Å². The molecule has 0 bridgehead atoms. The molecule has 1 fully saturated rings. The van der Waals surface area contributed by atoms with Crippen LogP contribution in [0.25, 0.3) is 0 Å². The second-order valence-corrected chi connectivity index (χ2v) is 5.98. The van der Waals surface area contributed by atoms with Crippen LogP contribution < -0.4 is 10.1 Å². The molecule has 4 nitrogen and oxygen atoms in total. The monoisotopic (exact) mass is 288 g/mol. The molecular weight excluding hydrogens is 264 g/mol. The highest BCUT2D eigenvalue weighted by molar-refractivity contribution is 5.99. The van der Waals surface area contributed by atoms with Crippen LogP contribution in [0.3, 0.4) is 0 Å². The highest BCUT2D eigenvalue weighted by atomic mass is 16.5. The van der Waals surface area contributed by atoms with Crippen LogP contribution in [-0.4, -0.2) is 37.0 Å². The average Bonchev–Trinajstić information content (AvgIpc) is 2.55. The lowest BCUT2D eigenvalue weighted by Gasteiger charge is -2.33. The average molecular weight is 288 g/mol. The number of rotatable bonds is 3. The maximum atomic E-state index is 12.8. The van der Waals surface area contributed by atoms with Gasteiger partial charge in [-0.15, -0.1) is 0 Å². The molecule has 4 heteroatoms. The Labute approximate surface area is 126 Å². The summed E-state index contributed by atoms with van der Waals surface area (Å²) in [7, 11) is 0. The molecule has 3 rings (SSSR count). The third kappa shape index (κ3) is 2.99. The summed E-state index contributed by atoms with van der Waals surface area (Å²) in [5.74, 6) is 1.64. The Bertz CT molecular complexity index is 508. The van der Waals surface area contributed by atoms with E-state index in [1.807, 2.05) is 23.1 Å². The normalized spacial score (nSPS) is 18.6. The number of hydrogen-bond acceptors (Lipinski definition) is 3. The molecule has 1 saturated heterocycles. The molecule has 2 aliphatic heterocycles. The van der Waals surface area contributed by atoms with E-state index in [0.717, 1.165) is 49.8 Å². The van der Waals surface area contributed by atoms with Crippen LogP contribution in [0.2, 0.25) is 0 Å². The third-order valence-electron chi connectivity index (χ3n) is 4.51. The fourth-order valence-electron chi connectivity index (χ4n) is 3.34. The van der Waals surface area contributed by atoms with E-state index in [1.54, 1.807) is 0 Å². The van der Waals surface area contributed by atoms with Crippen LogP contribution in [0.15, 0.2) is 18.2 Å². The topological polar surface area (TPSA) is 41.6 Å². The standard InChI is InChI=1S/C17H24N2O2/c1-2-4-13-7-10-19(11-8-13)17(20)14-5-3-6-15-16(14)21-12-9-18-15/h3,5-6,13,18H,2,4,7-12H2,1H3.